The molecule has 26 heavy (non-hydrogen) atoms. The lowest BCUT2D eigenvalue weighted by molar-refractivity contribution is 0.256. The molecule has 0 N–H and O–H groups in total. The number of benzene rings is 2. The van der Waals surface area contributed by atoms with Crippen molar-refractivity contribution in [3.63, 3.8) is 0 Å². The second kappa shape index (κ2) is 6.82. The number of fused-ring (bicyclic) bond motifs is 1. The van der Waals surface area contributed by atoms with Gasteiger partial charge in [0.25, 0.3) is 0 Å². The van der Waals surface area contributed by atoms with E-state index in [2.05, 4.69) is 11.1 Å². The molecule has 4 nitrogen and oxygen atoms in total. The highest BCUT2D eigenvalue weighted by atomic mass is 32.2. The van der Waals surface area contributed by atoms with E-state index >= 15 is 0 Å². The maximum Gasteiger partial charge on any atom is 0.243 e. The lowest BCUT2D eigenvalue weighted by atomic mass is 9.96. The van der Waals surface area contributed by atoms with Crippen LogP contribution < -0.4 is 0 Å². The number of pyridine rings is 1. The molecule has 0 unspecified atom stereocenters. The van der Waals surface area contributed by atoms with Crippen LogP contribution in [0.1, 0.15) is 36.4 Å². The van der Waals surface area contributed by atoms with Crippen molar-refractivity contribution in [1.29, 1.82) is 0 Å². The van der Waals surface area contributed by atoms with Gasteiger partial charge in [0.05, 0.1) is 16.5 Å². The molecule has 0 spiro atoms. The summed E-state index contributed by atoms with van der Waals surface area (Å²) in [5.74, 6) is 0. The van der Waals surface area contributed by atoms with Crippen LogP contribution in [0.5, 0.6) is 0 Å². The summed E-state index contributed by atoms with van der Waals surface area (Å²) in [4.78, 5) is 4.73. The molecule has 0 bridgehead atoms. The molecule has 0 radical (unpaired) electrons. The number of hydrogen-bond acceptors (Lipinski definition) is 3. The van der Waals surface area contributed by atoms with Crippen LogP contribution in [-0.2, 0) is 10.0 Å². The molecule has 5 heteroatoms. The van der Waals surface area contributed by atoms with E-state index in [1.165, 1.54) is 0 Å². The molecule has 0 amide bonds. The van der Waals surface area contributed by atoms with Gasteiger partial charge in [-0.3, -0.25) is 4.98 Å². The van der Waals surface area contributed by atoms with Gasteiger partial charge in [-0.1, -0.05) is 36.2 Å². The van der Waals surface area contributed by atoms with Gasteiger partial charge in [-0.15, -0.1) is 0 Å². The molecule has 1 aromatic heterocycles. The van der Waals surface area contributed by atoms with Gasteiger partial charge in [0, 0.05) is 18.1 Å². The smallest absolute Gasteiger partial charge is 0.243 e. The largest absolute Gasteiger partial charge is 0.256 e. The Morgan fingerprint density at radius 3 is 2.65 bits per heavy atom. The fourth-order valence-corrected chi connectivity index (χ4v) is 5.36. The highest BCUT2D eigenvalue weighted by Crippen LogP contribution is 2.36. The number of aryl methyl sites for hydroxylation is 1. The minimum absolute atomic E-state index is 0.125. The predicted octanol–water partition coefficient (Wildman–Crippen LogP) is 4.46. The van der Waals surface area contributed by atoms with Crippen LogP contribution in [0.15, 0.2) is 65.7 Å². The van der Waals surface area contributed by atoms with Crippen molar-refractivity contribution in [2.75, 3.05) is 6.54 Å². The van der Waals surface area contributed by atoms with E-state index in [1.807, 2.05) is 43.3 Å². The van der Waals surface area contributed by atoms with E-state index in [9.17, 15) is 8.42 Å². The fraction of sp³-hybridized carbons (Fsp3) is 0.286. The summed E-state index contributed by atoms with van der Waals surface area (Å²) in [6.07, 6.45) is 4.56. The lowest BCUT2D eigenvalue weighted by Crippen LogP contribution is -2.38. The summed E-state index contributed by atoms with van der Waals surface area (Å²) in [6, 6.07) is 17.0. The van der Waals surface area contributed by atoms with E-state index < -0.39 is 10.0 Å². The van der Waals surface area contributed by atoms with Gasteiger partial charge in [-0.05, 0) is 55.7 Å². The molecule has 1 saturated heterocycles. The molecule has 1 fully saturated rings. The van der Waals surface area contributed by atoms with E-state index in [-0.39, 0.29) is 6.04 Å². The minimum Gasteiger partial charge on any atom is -0.256 e. The summed E-state index contributed by atoms with van der Waals surface area (Å²) in [6.45, 7) is 2.52. The lowest BCUT2D eigenvalue weighted by Gasteiger charge is -2.35. The zero-order valence-corrected chi connectivity index (χ0v) is 15.6. The van der Waals surface area contributed by atoms with Gasteiger partial charge < -0.3 is 0 Å². The predicted molar refractivity (Wildman–Crippen MR) is 103 cm³/mol. The van der Waals surface area contributed by atoms with Crippen LogP contribution in [-0.4, -0.2) is 24.3 Å². The Morgan fingerprint density at radius 2 is 1.85 bits per heavy atom. The molecule has 1 aliphatic rings. The van der Waals surface area contributed by atoms with Gasteiger partial charge in [-0.25, -0.2) is 8.42 Å². The van der Waals surface area contributed by atoms with E-state index in [0.717, 1.165) is 41.3 Å². The van der Waals surface area contributed by atoms with Gasteiger partial charge in [0.1, 0.15) is 0 Å². The molecule has 134 valence electrons. The number of rotatable bonds is 3. The van der Waals surface area contributed by atoms with Gasteiger partial charge in [0.15, 0.2) is 0 Å². The van der Waals surface area contributed by atoms with Crippen molar-refractivity contribution in [2.24, 2.45) is 0 Å². The molecule has 0 aliphatic carbocycles. The Balaban J connectivity index is 1.74. The van der Waals surface area contributed by atoms with Crippen molar-refractivity contribution < 1.29 is 8.42 Å². The van der Waals surface area contributed by atoms with Crippen LogP contribution in [0.3, 0.4) is 0 Å². The first-order valence-corrected chi connectivity index (χ1v) is 10.4. The van der Waals surface area contributed by atoms with Gasteiger partial charge in [0.2, 0.25) is 10.0 Å². The Hall–Kier alpha value is -2.24. The monoisotopic (exact) mass is 366 g/mol. The SMILES string of the molecule is Cc1ccc(S(=O)(=O)N2CCCC[C@H]2c2ccc3ncccc3c2)cc1. The number of sulfonamides is 1. The average Bonchev–Trinajstić information content (AvgIpc) is 2.68. The zero-order valence-electron chi connectivity index (χ0n) is 14.8. The summed E-state index contributed by atoms with van der Waals surface area (Å²) >= 11 is 0. The van der Waals surface area contributed by atoms with Gasteiger partial charge in [-0.2, -0.15) is 4.31 Å². The maximum atomic E-state index is 13.3. The topological polar surface area (TPSA) is 50.3 Å². The maximum absolute atomic E-state index is 13.3. The number of aromatic nitrogens is 1. The first kappa shape index (κ1) is 17.2. The van der Waals surface area contributed by atoms with Gasteiger partial charge >= 0.3 is 0 Å². The quantitative estimate of drug-likeness (QED) is 0.688. The van der Waals surface area contributed by atoms with Crippen molar-refractivity contribution in [3.8, 4) is 0 Å². The Kier molecular flexibility index (Phi) is 4.51. The summed E-state index contributed by atoms with van der Waals surface area (Å²) in [5, 5.41) is 1.04. The Morgan fingerprint density at radius 1 is 1.04 bits per heavy atom. The summed E-state index contributed by atoms with van der Waals surface area (Å²) < 4.78 is 28.2. The Labute approximate surface area is 154 Å². The summed E-state index contributed by atoms with van der Waals surface area (Å²) in [5.41, 5.74) is 3.03. The standard InChI is InChI=1S/C21H22N2O2S/c1-16-7-10-19(11-8-16)26(24,25)23-14-3-2-6-21(23)18-9-12-20-17(15-18)5-4-13-22-20/h4-5,7-13,15,21H,2-3,6,14H2,1H3/t21-/m0/s1. The first-order chi connectivity index (χ1) is 12.6. The highest BCUT2D eigenvalue weighted by molar-refractivity contribution is 7.89. The first-order valence-electron chi connectivity index (χ1n) is 8.99. The molecular weight excluding hydrogens is 344 g/mol. The van der Waals surface area contributed by atoms with Crippen molar-refractivity contribution in [2.45, 2.75) is 37.1 Å². The molecule has 1 atom stereocenters. The average molecular weight is 366 g/mol. The normalized spacial score (nSPS) is 18.9. The number of piperidine rings is 1. The zero-order chi connectivity index (χ0) is 18.1. The third-order valence-corrected chi connectivity index (χ3v) is 7.02. The van der Waals surface area contributed by atoms with Crippen LogP contribution in [0.25, 0.3) is 10.9 Å². The molecular formula is C21H22N2O2S. The number of hydrogen-bond donors (Lipinski definition) is 0. The van der Waals surface area contributed by atoms with Crippen LogP contribution in [0.4, 0.5) is 0 Å². The third kappa shape index (κ3) is 3.13. The van der Waals surface area contributed by atoms with Crippen molar-refractivity contribution in [1.82, 2.24) is 9.29 Å². The van der Waals surface area contributed by atoms with E-state index in [1.54, 1.807) is 22.6 Å². The molecule has 4 rings (SSSR count). The molecule has 3 aromatic rings. The molecule has 1 aliphatic heterocycles. The second-order valence-electron chi connectivity index (χ2n) is 6.90. The van der Waals surface area contributed by atoms with Crippen molar-refractivity contribution in [3.05, 3.63) is 71.9 Å². The Bertz CT molecular complexity index is 1030. The second-order valence-corrected chi connectivity index (χ2v) is 8.79. The molecule has 2 heterocycles. The van der Waals surface area contributed by atoms with Crippen LogP contribution in [0.2, 0.25) is 0 Å². The van der Waals surface area contributed by atoms with E-state index in [4.69, 9.17) is 0 Å². The van der Waals surface area contributed by atoms with Crippen LogP contribution >= 0.6 is 0 Å². The van der Waals surface area contributed by atoms with E-state index in [0.29, 0.717) is 11.4 Å². The fourth-order valence-electron chi connectivity index (χ4n) is 3.67. The van der Waals surface area contributed by atoms with Crippen LogP contribution in [0, 0.1) is 6.92 Å². The highest BCUT2D eigenvalue weighted by Gasteiger charge is 2.34. The number of nitrogens with zero attached hydrogens (tertiary/aromatic N) is 2. The van der Waals surface area contributed by atoms with Crippen molar-refractivity contribution >= 4 is 20.9 Å². The molecule has 2 aromatic carbocycles. The molecule has 0 saturated carbocycles. The minimum atomic E-state index is -3.51. The summed E-state index contributed by atoms with van der Waals surface area (Å²) in [7, 11) is -3.51. The third-order valence-electron chi connectivity index (χ3n) is 5.09.